The summed E-state index contributed by atoms with van der Waals surface area (Å²) in [6.45, 7) is 7.21. The number of carboxylic acid groups (broad SMARTS) is 1. The maximum Gasteiger partial charge on any atom is 0.416 e. The molecule has 0 radical (unpaired) electrons. The number of fused-ring (bicyclic) bond motifs is 3. The first-order chi connectivity index (χ1) is 13.5. The quantitative estimate of drug-likeness (QED) is 0.702. The molecular weight excluding hydrogens is 435 g/mol. The monoisotopic (exact) mass is 443 g/mol. The van der Waals surface area contributed by atoms with E-state index in [-0.39, 0.29) is 22.2 Å². The standard InChI is InChI=1S/C16H9ClF3N5O3S/c1-22-12-11(29(2)28)13-23-15(3-4-21,14(26)27)8-5-7(16(18,19)20)6-9(17)10(8)25(13)24-12/h5-6,23H,3H2,2H3,(H,26,27). The highest BCUT2D eigenvalue weighted by Gasteiger charge is 2.50. The number of carbonyl (C=O) groups is 1. The van der Waals surface area contributed by atoms with Gasteiger partial charge in [0.2, 0.25) is 0 Å². The number of nitrogens with zero attached hydrogens (tertiary/aromatic N) is 4. The molecule has 0 saturated carbocycles. The van der Waals surface area contributed by atoms with E-state index >= 15 is 0 Å². The number of nitrogens with one attached hydrogen (secondary N) is 1. The number of hydrogen-bond donors (Lipinski definition) is 2. The van der Waals surface area contributed by atoms with Gasteiger partial charge in [0.05, 0.1) is 23.1 Å². The Bertz CT molecular complexity index is 1160. The molecule has 0 aliphatic carbocycles. The predicted octanol–water partition coefficient (Wildman–Crippen LogP) is 3.45. The van der Waals surface area contributed by atoms with E-state index in [1.54, 1.807) is 6.07 Å². The molecule has 1 aliphatic heterocycles. The van der Waals surface area contributed by atoms with E-state index in [0.717, 1.165) is 4.68 Å². The van der Waals surface area contributed by atoms with Gasteiger partial charge in [0, 0.05) is 22.6 Å². The number of hydrogen-bond acceptors (Lipinski definition) is 5. The Morgan fingerprint density at radius 3 is 2.69 bits per heavy atom. The number of aliphatic carboxylic acids is 1. The third kappa shape index (κ3) is 3.01. The van der Waals surface area contributed by atoms with Crippen LogP contribution in [0.25, 0.3) is 10.5 Å². The van der Waals surface area contributed by atoms with Crippen molar-refractivity contribution in [1.29, 1.82) is 5.26 Å². The summed E-state index contributed by atoms with van der Waals surface area (Å²) < 4.78 is 53.0. The van der Waals surface area contributed by atoms with Crippen molar-refractivity contribution in [2.75, 3.05) is 11.6 Å². The van der Waals surface area contributed by atoms with Crippen LogP contribution in [0.2, 0.25) is 5.02 Å². The topological polar surface area (TPSA) is 112 Å². The van der Waals surface area contributed by atoms with Crippen LogP contribution in [0.15, 0.2) is 17.0 Å². The van der Waals surface area contributed by atoms with Crippen molar-refractivity contribution in [2.24, 2.45) is 0 Å². The third-order valence-corrected chi connectivity index (χ3v) is 5.56. The van der Waals surface area contributed by atoms with Gasteiger partial charge in [-0.05, 0) is 17.2 Å². The van der Waals surface area contributed by atoms with E-state index in [1.165, 1.54) is 6.26 Å². The maximum absolute atomic E-state index is 13.3. The van der Waals surface area contributed by atoms with E-state index in [4.69, 9.17) is 18.2 Å². The molecule has 2 unspecified atom stereocenters. The highest BCUT2D eigenvalue weighted by atomic mass is 35.5. The Balaban J connectivity index is 2.51. The highest BCUT2D eigenvalue weighted by Crippen LogP contribution is 2.48. The number of rotatable bonds is 3. The number of carboxylic acids is 1. The SMILES string of the molecule is [C-]#[N+]c1nn2c(c1S(C)=O)NC(CC#N)(C(=O)O)c1cc(C(F)(F)F)cc(Cl)c1-2. The fourth-order valence-corrected chi connectivity index (χ4v) is 4.13. The summed E-state index contributed by atoms with van der Waals surface area (Å²) in [6, 6.07) is 2.81. The lowest BCUT2D eigenvalue weighted by molar-refractivity contribution is -0.143. The lowest BCUT2D eigenvalue weighted by Crippen LogP contribution is -2.47. The van der Waals surface area contributed by atoms with Gasteiger partial charge in [0.15, 0.2) is 11.4 Å². The van der Waals surface area contributed by atoms with E-state index in [2.05, 4.69) is 15.3 Å². The summed E-state index contributed by atoms with van der Waals surface area (Å²) in [5.41, 5.74) is -4.25. The van der Waals surface area contributed by atoms with Gasteiger partial charge >= 0.3 is 18.0 Å². The zero-order valence-corrected chi connectivity index (χ0v) is 15.9. The van der Waals surface area contributed by atoms with Gasteiger partial charge in [-0.2, -0.15) is 18.4 Å². The molecule has 29 heavy (non-hydrogen) atoms. The second-order valence-corrected chi connectivity index (χ2v) is 7.73. The number of anilines is 1. The average molecular weight is 444 g/mol. The van der Waals surface area contributed by atoms with E-state index in [1.807, 2.05) is 0 Å². The normalized spacial score (nSPS) is 18.6. The molecule has 0 fully saturated rings. The zero-order valence-electron chi connectivity index (χ0n) is 14.3. The summed E-state index contributed by atoms with van der Waals surface area (Å²) in [6.07, 6.45) is -4.39. The predicted molar refractivity (Wildman–Crippen MR) is 95.3 cm³/mol. The molecule has 0 spiro atoms. The number of nitriles is 1. The summed E-state index contributed by atoms with van der Waals surface area (Å²) in [5, 5.41) is 25.0. The Kier molecular flexibility index (Phi) is 4.81. The van der Waals surface area contributed by atoms with E-state index in [9.17, 15) is 32.5 Å². The minimum Gasteiger partial charge on any atom is -0.479 e. The van der Waals surface area contributed by atoms with E-state index in [0.29, 0.717) is 12.1 Å². The second kappa shape index (κ2) is 6.76. The molecule has 2 atom stereocenters. The van der Waals surface area contributed by atoms with Gasteiger partial charge in [-0.1, -0.05) is 18.2 Å². The first-order valence-corrected chi connectivity index (χ1v) is 9.55. The number of halogens is 4. The third-order valence-electron chi connectivity index (χ3n) is 4.32. The minimum absolute atomic E-state index is 0.148. The van der Waals surface area contributed by atoms with Crippen LogP contribution in [0.3, 0.4) is 0 Å². The molecule has 3 rings (SSSR count). The Labute approximate surface area is 168 Å². The van der Waals surface area contributed by atoms with E-state index < -0.39 is 51.1 Å². The molecule has 0 amide bonds. The molecule has 0 bridgehead atoms. The second-order valence-electron chi connectivity index (χ2n) is 6.00. The molecular formula is C16H9ClF3N5O3S. The lowest BCUT2D eigenvalue weighted by Gasteiger charge is -2.36. The number of benzene rings is 1. The van der Waals surface area contributed by atoms with Crippen LogP contribution < -0.4 is 5.32 Å². The molecule has 1 aliphatic rings. The highest BCUT2D eigenvalue weighted by molar-refractivity contribution is 7.84. The van der Waals surface area contributed by atoms with Gasteiger partial charge in [-0.25, -0.2) is 4.79 Å². The molecule has 0 saturated heterocycles. The van der Waals surface area contributed by atoms with Crippen molar-refractivity contribution in [3.8, 4) is 11.8 Å². The molecule has 2 aromatic rings. The molecule has 13 heteroatoms. The fourth-order valence-electron chi connectivity index (χ4n) is 3.08. The largest absolute Gasteiger partial charge is 0.479 e. The van der Waals surface area contributed by atoms with Crippen LogP contribution in [-0.4, -0.2) is 31.3 Å². The first-order valence-electron chi connectivity index (χ1n) is 7.62. The molecule has 1 aromatic carbocycles. The van der Waals surface area contributed by atoms with Crippen molar-refractivity contribution in [1.82, 2.24) is 9.78 Å². The van der Waals surface area contributed by atoms with Crippen LogP contribution in [0, 0.1) is 17.9 Å². The lowest BCUT2D eigenvalue weighted by atomic mass is 9.83. The number of aromatic nitrogens is 2. The molecule has 8 nitrogen and oxygen atoms in total. The van der Waals surface area contributed by atoms with Crippen LogP contribution in [0.5, 0.6) is 0 Å². The maximum atomic E-state index is 13.3. The summed E-state index contributed by atoms with van der Waals surface area (Å²) in [5.74, 6) is -2.18. The van der Waals surface area contributed by atoms with Crippen LogP contribution in [0.4, 0.5) is 24.8 Å². The summed E-state index contributed by atoms with van der Waals surface area (Å²) >= 11 is 6.08. The number of alkyl halides is 3. The smallest absolute Gasteiger partial charge is 0.416 e. The van der Waals surface area contributed by atoms with Gasteiger partial charge in [-0.15, -0.1) is 4.68 Å². The van der Waals surface area contributed by atoms with Crippen LogP contribution >= 0.6 is 11.6 Å². The molecule has 1 aromatic heterocycles. The molecule has 2 heterocycles. The molecule has 150 valence electrons. The minimum atomic E-state index is -4.84. The average Bonchev–Trinajstić information content (AvgIpc) is 2.98. The Morgan fingerprint density at radius 2 is 2.21 bits per heavy atom. The van der Waals surface area contributed by atoms with Gasteiger partial charge < -0.3 is 15.3 Å². The Hall–Kier alpha value is -3.09. The Morgan fingerprint density at radius 1 is 1.55 bits per heavy atom. The van der Waals surface area contributed by atoms with Crippen molar-refractivity contribution in [3.05, 3.63) is 39.7 Å². The fraction of sp³-hybridized carbons (Fsp3) is 0.250. The van der Waals surface area contributed by atoms with Crippen molar-refractivity contribution >= 4 is 40.0 Å². The van der Waals surface area contributed by atoms with Crippen LogP contribution in [-0.2, 0) is 27.3 Å². The summed E-state index contributed by atoms with van der Waals surface area (Å²) in [4.78, 5) is 15.2. The van der Waals surface area contributed by atoms with Gasteiger partial charge in [0.1, 0.15) is 10.6 Å². The molecule has 2 N–H and O–H groups in total. The van der Waals surface area contributed by atoms with Gasteiger partial charge in [-0.3, -0.25) is 4.21 Å². The summed E-state index contributed by atoms with van der Waals surface area (Å²) in [7, 11) is -1.81. The zero-order chi connectivity index (χ0) is 21.7. The van der Waals surface area contributed by atoms with Crippen molar-refractivity contribution in [3.63, 3.8) is 0 Å². The van der Waals surface area contributed by atoms with Crippen molar-refractivity contribution < 1.29 is 27.3 Å². The van der Waals surface area contributed by atoms with Crippen molar-refractivity contribution in [2.45, 2.75) is 23.0 Å². The van der Waals surface area contributed by atoms with Crippen LogP contribution in [0.1, 0.15) is 17.5 Å². The first kappa shape index (κ1) is 20.6. The van der Waals surface area contributed by atoms with Gasteiger partial charge in [0.25, 0.3) is 0 Å².